The standard InChI is InChI=1S/C22H12/c1-2-4-9-18-11-7-12-19-14-15-20(16-22(18)19)21-13-6-5-10-17(21)8-3-1/h1-2,5-7,10-16H/b2-1-,21-20?. The van der Waals surface area contributed by atoms with E-state index in [1.165, 1.54) is 16.3 Å². The van der Waals surface area contributed by atoms with E-state index in [4.69, 9.17) is 0 Å². The quantitative estimate of drug-likeness (QED) is 0.518. The first-order valence-corrected chi connectivity index (χ1v) is 7.22. The Morgan fingerprint density at radius 3 is 2.32 bits per heavy atom. The molecule has 0 nitrogen and oxygen atoms in total. The van der Waals surface area contributed by atoms with Gasteiger partial charge in [-0.05, 0) is 52.3 Å². The highest BCUT2D eigenvalue weighted by atomic mass is 14.1. The van der Waals surface area contributed by atoms with E-state index >= 15 is 0 Å². The van der Waals surface area contributed by atoms with Crippen molar-refractivity contribution in [2.45, 2.75) is 0 Å². The summed E-state index contributed by atoms with van der Waals surface area (Å²) in [5, 5.41) is 2.39. The second kappa shape index (κ2) is 5.28. The molecule has 3 aromatic rings. The highest BCUT2D eigenvalue weighted by Crippen LogP contribution is 2.28. The van der Waals surface area contributed by atoms with Gasteiger partial charge in [0, 0.05) is 11.1 Å². The average Bonchev–Trinajstić information content (AvgIpc) is 2.57. The molecular weight excluding hydrogens is 264 g/mol. The first-order chi connectivity index (χ1) is 10.9. The van der Waals surface area contributed by atoms with Crippen LogP contribution in [0.25, 0.3) is 21.9 Å². The van der Waals surface area contributed by atoms with Crippen LogP contribution in [0.5, 0.6) is 0 Å². The van der Waals surface area contributed by atoms with Crippen molar-refractivity contribution in [2.75, 3.05) is 0 Å². The van der Waals surface area contributed by atoms with E-state index in [0.29, 0.717) is 0 Å². The van der Waals surface area contributed by atoms with Gasteiger partial charge in [0.25, 0.3) is 0 Å². The fourth-order valence-electron chi connectivity index (χ4n) is 2.72. The lowest BCUT2D eigenvalue weighted by Crippen LogP contribution is -1.86. The fourth-order valence-corrected chi connectivity index (χ4v) is 2.72. The van der Waals surface area contributed by atoms with E-state index in [2.05, 4.69) is 78.3 Å². The summed E-state index contributed by atoms with van der Waals surface area (Å²) < 4.78 is 0. The van der Waals surface area contributed by atoms with Gasteiger partial charge in [-0.15, -0.1) is 0 Å². The fraction of sp³-hybridized carbons (Fsp3) is 0. The summed E-state index contributed by atoms with van der Waals surface area (Å²) >= 11 is 0. The Balaban J connectivity index is 2.10. The molecule has 0 spiro atoms. The van der Waals surface area contributed by atoms with Gasteiger partial charge in [-0.25, -0.2) is 0 Å². The number of fused-ring (bicyclic) bond motifs is 3. The van der Waals surface area contributed by atoms with Crippen molar-refractivity contribution in [3.63, 3.8) is 0 Å². The molecule has 3 aromatic carbocycles. The van der Waals surface area contributed by atoms with Crippen molar-refractivity contribution < 1.29 is 0 Å². The highest BCUT2D eigenvalue weighted by Gasteiger charge is 2.06. The molecule has 0 unspecified atom stereocenters. The summed E-state index contributed by atoms with van der Waals surface area (Å²) in [6.45, 7) is 0. The summed E-state index contributed by atoms with van der Waals surface area (Å²) in [6, 6.07) is 21.0. The second-order valence-corrected chi connectivity index (χ2v) is 5.16. The number of hydrogen-bond acceptors (Lipinski definition) is 0. The topological polar surface area (TPSA) is 0 Å². The molecule has 0 N–H and O–H groups in total. The molecular formula is C22H12. The molecule has 0 aliphatic heterocycles. The molecule has 0 amide bonds. The summed E-state index contributed by atoms with van der Waals surface area (Å²) in [4.78, 5) is 0. The zero-order chi connectivity index (χ0) is 14.8. The molecule has 22 heavy (non-hydrogen) atoms. The van der Waals surface area contributed by atoms with E-state index in [9.17, 15) is 0 Å². The van der Waals surface area contributed by atoms with Gasteiger partial charge in [-0.1, -0.05) is 66.1 Å². The van der Waals surface area contributed by atoms with Gasteiger partial charge in [0.05, 0.1) is 0 Å². The van der Waals surface area contributed by atoms with Gasteiger partial charge < -0.3 is 0 Å². The van der Waals surface area contributed by atoms with Crippen LogP contribution in [0, 0.1) is 23.7 Å². The van der Waals surface area contributed by atoms with Crippen molar-refractivity contribution in [1.29, 1.82) is 0 Å². The van der Waals surface area contributed by atoms with Crippen LogP contribution in [-0.2, 0) is 0 Å². The first-order valence-electron chi connectivity index (χ1n) is 7.22. The largest absolute Gasteiger partial charge is 0.0689 e. The minimum Gasteiger partial charge on any atom is -0.0689 e. The maximum atomic E-state index is 3.22. The number of hydrogen-bond donors (Lipinski definition) is 0. The zero-order valence-electron chi connectivity index (χ0n) is 11.9. The van der Waals surface area contributed by atoms with Crippen LogP contribution in [0.3, 0.4) is 0 Å². The number of benzene rings is 3. The van der Waals surface area contributed by atoms with Crippen LogP contribution in [0.4, 0.5) is 0 Å². The summed E-state index contributed by atoms with van der Waals surface area (Å²) in [5.41, 5.74) is 4.43. The predicted octanol–water partition coefficient (Wildman–Crippen LogP) is 4.78. The summed E-state index contributed by atoms with van der Waals surface area (Å²) in [7, 11) is 0. The van der Waals surface area contributed by atoms with Crippen molar-refractivity contribution in [1.82, 2.24) is 0 Å². The van der Waals surface area contributed by atoms with Gasteiger partial charge >= 0.3 is 0 Å². The molecule has 2 bridgehead atoms. The molecule has 0 heteroatoms. The molecule has 0 fully saturated rings. The van der Waals surface area contributed by atoms with Crippen molar-refractivity contribution in [3.8, 4) is 34.8 Å². The summed E-state index contributed by atoms with van der Waals surface area (Å²) in [5.74, 6) is 12.6. The van der Waals surface area contributed by atoms with Crippen molar-refractivity contribution in [2.24, 2.45) is 0 Å². The third-order valence-electron chi connectivity index (χ3n) is 3.78. The molecule has 100 valence electrons. The smallest absolute Gasteiger partial charge is 0.0327 e. The van der Waals surface area contributed by atoms with Gasteiger partial charge in [0.1, 0.15) is 0 Å². The maximum Gasteiger partial charge on any atom is 0.0327 e. The molecule has 0 saturated heterocycles. The van der Waals surface area contributed by atoms with E-state index in [-0.39, 0.29) is 0 Å². The SMILES string of the molecule is C1#Cc2ccccc2-c2ccc3cccc(c3c2)C#C/C=C\1. The Kier molecular flexibility index (Phi) is 3.01. The second-order valence-electron chi connectivity index (χ2n) is 5.16. The van der Waals surface area contributed by atoms with Gasteiger partial charge in [0.2, 0.25) is 0 Å². The molecule has 0 aromatic heterocycles. The van der Waals surface area contributed by atoms with E-state index in [1.54, 1.807) is 12.2 Å². The maximum absolute atomic E-state index is 3.22. The summed E-state index contributed by atoms with van der Waals surface area (Å²) in [6.07, 6.45) is 3.61. The van der Waals surface area contributed by atoms with E-state index in [0.717, 1.165) is 16.7 Å². The molecule has 0 saturated carbocycles. The van der Waals surface area contributed by atoms with Crippen LogP contribution < -0.4 is 0 Å². The van der Waals surface area contributed by atoms with Crippen LogP contribution in [0.2, 0.25) is 0 Å². The highest BCUT2D eigenvalue weighted by molar-refractivity contribution is 5.92. The Morgan fingerprint density at radius 1 is 0.636 bits per heavy atom. The van der Waals surface area contributed by atoms with Crippen LogP contribution >= 0.6 is 0 Å². The Bertz CT molecular complexity index is 1030. The predicted molar refractivity (Wildman–Crippen MR) is 92.3 cm³/mol. The molecule has 4 rings (SSSR count). The van der Waals surface area contributed by atoms with E-state index in [1.807, 2.05) is 6.07 Å². The average molecular weight is 276 g/mol. The lowest BCUT2D eigenvalue weighted by Gasteiger charge is -2.08. The van der Waals surface area contributed by atoms with Crippen LogP contribution in [0.1, 0.15) is 11.1 Å². The van der Waals surface area contributed by atoms with Crippen LogP contribution in [0.15, 0.2) is 72.8 Å². The molecule has 1 aliphatic rings. The lowest BCUT2D eigenvalue weighted by molar-refractivity contribution is 1.59. The Hall–Kier alpha value is -3.22. The normalized spacial score (nSPS) is 12.9. The Morgan fingerprint density at radius 2 is 1.41 bits per heavy atom. The third-order valence-corrected chi connectivity index (χ3v) is 3.78. The monoisotopic (exact) mass is 276 g/mol. The number of allylic oxidation sites excluding steroid dienone is 2. The zero-order valence-corrected chi connectivity index (χ0v) is 11.9. The van der Waals surface area contributed by atoms with Gasteiger partial charge in [0.15, 0.2) is 0 Å². The van der Waals surface area contributed by atoms with Crippen LogP contribution in [-0.4, -0.2) is 0 Å². The van der Waals surface area contributed by atoms with E-state index < -0.39 is 0 Å². The van der Waals surface area contributed by atoms with Gasteiger partial charge in [-0.2, -0.15) is 0 Å². The first kappa shape index (κ1) is 12.5. The Labute approximate surface area is 130 Å². The molecule has 0 heterocycles. The molecule has 1 aliphatic carbocycles. The lowest BCUT2D eigenvalue weighted by atomic mass is 9.95. The van der Waals surface area contributed by atoms with Gasteiger partial charge in [-0.3, -0.25) is 0 Å². The van der Waals surface area contributed by atoms with Crippen molar-refractivity contribution >= 4 is 10.8 Å². The van der Waals surface area contributed by atoms with Crippen molar-refractivity contribution in [3.05, 3.63) is 83.9 Å². The minimum absolute atomic E-state index is 1.04. The molecule has 0 radical (unpaired) electrons. The minimum atomic E-state index is 1.04. The number of rotatable bonds is 0. The third kappa shape index (κ3) is 2.18. The molecule has 0 atom stereocenters.